The number of nitrogens with zero attached hydrogens (tertiary/aromatic N) is 3. The van der Waals surface area contributed by atoms with Crippen LogP contribution < -0.4 is 9.62 Å². The second kappa shape index (κ2) is 6.98. The average molecular weight is 372 g/mol. The maximum atomic E-state index is 11.6. The van der Waals surface area contributed by atoms with E-state index in [0.29, 0.717) is 6.42 Å². The van der Waals surface area contributed by atoms with Crippen molar-refractivity contribution in [1.29, 1.82) is 0 Å². The largest absolute Gasteiger partial charge is 0.354 e. The van der Waals surface area contributed by atoms with Crippen LogP contribution in [0.15, 0.2) is 42.6 Å². The molecule has 0 amide bonds. The summed E-state index contributed by atoms with van der Waals surface area (Å²) in [5, 5.41) is 0. The quantitative estimate of drug-likeness (QED) is 0.891. The molecule has 0 radical (unpaired) electrons. The van der Waals surface area contributed by atoms with Crippen LogP contribution >= 0.6 is 0 Å². The summed E-state index contributed by atoms with van der Waals surface area (Å²) < 4.78 is 25.9. The van der Waals surface area contributed by atoms with Gasteiger partial charge in [0.1, 0.15) is 5.82 Å². The van der Waals surface area contributed by atoms with Crippen molar-refractivity contribution in [1.82, 2.24) is 14.6 Å². The Balaban J connectivity index is 1.52. The van der Waals surface area contributed by atoms with Crippen molar-refractivity contribution in [2.24, 2.45) is 0 Å². The van der Waals surface area contributed by atoms with Crippen LogP contribution in [-0.4, -0.2) is 57.3 Å². The van der Waals surface area contributed by atoms with Gasteiger partial charge in [-0.05, 0) is 42.3 Å². The fraction of sp³-hybridized carbons (Fsp3) is 0.421. The summed E-state index contributed by atoms with van der Waals surface area (Å²) in [5.41, 5.74) is 3.27. The normalized spacial score (nSPS) is 23.3. The van der Waals surface area contributed by atoms with Gasteiger partial charge >= 0.3 is 0 Å². The van der Waals surface area contributed by atoms with Gasteiger partial charge in [-0.1, -0.05) is 24.3 Å². The molecular weight excluding hydrogens is 348 g/mol. The molecule has 2 aromatic rings. The molecule has 1 N–H and O–H groups in total. The predicted octanol–water partition coefficient (Wildman–Crippen LogP) is 1.86. The molecule has 2 saturated heterocycles. The first-order valence-corrected chi connectivity index (χ1v) is 10.7. The Morgan fingerprint density at radius 2 is 1.77 bits per heavy atom. The lowest BCUT2D eigenvalue weighted by molar-refractivity contribution is 0.312. The van der Waals surface area contributed by atoms with E-state index >= 15 is 0 Å². The van der Waals surface area contributed by atoms with Gasteiger partial charge in [0.15, 0.2) is 0 Å². The molecule has 2 fully saturated rings. The Hall–Kier alpha value is -1.96. The van der Waals surface area contributed by atoms with E-state index in [0.717, 1.165) is 48.7 Å². The highest BCUT2D eigenvalue weighted by molar-refractivity contribution is 7.89. The van der Waals surface area contributed by atoms with E-state index in [1.54, 1.807) is 0 Å². The summed E-state index contributed by atoms with van der Waals surface area (Å²) in [6.07, 6.45) is 2.49. The van der Waals surface area contributed by atoms with Crippen LogP contribution in [0.1, 0.15) is 18.0 Å². The standard InChI is InChI=1S/C19H24N4O2S/c1-22-9-11-23(12-10-22)19-14-17(6-8-20-19)15-2-4-16(5-3-15)18-7-13-26(24,25)21-18/h2-6,8,14,18,21H,7,9-13H2,1H3. The van der Waals surface area contributed by atoms with Gasteiger partial charge in [-0.15, -0.1) is 0 Å². The van der Waals surface area contributed by atoms with Crippen LogP contribution in [0.5, 0.6) is 0 Å². The number of benzene rings is 1. The van der Waals surface area contributed by atoms with E-state index in [9.17, 15) is 8.42 Å². The molecule has 138 valence electrons. The van der Waals surface area contributed by atoms with Gasteiger partial charge in [-0.2, -0.15) is 0 Å². The predicted molar refractivity (Wildman–Crippen MR) is 104 cm³/mol. The van der Waals surface area contributed by atoms with Crippen LogP contribution in [0.3, 0.4) is 0 Å². The molecular formula is C19H24N4O2S. The number of pyridine rings is 1. The van der Waals surface area contributed by atoms with Gasteiger partial charge < -0.3 is 9.80 Å². The fourth-order valence-electron chi connectivity index (χ4n) is 3.56. The zero-order valence-electron chi connectivity index (χ0n) is 14.9. The summed E-state index contributed by atoms with van der Waals surface area (Å²) in [4.78, 5) is 9.20. The highest BCUT2D eigenvalue weighted by atomic mass is 32.2. The molecule has 26 heavy (non-hydrogen) atoms. The summed E-state index contributed by atoms with van der Waals surface area (Å²) in [6, 6.07) is 12.2. The van der Waals surface area contributed by atoms with Crippen LogP contribution in [0.25, 0.3) is 11.1 Å². The molecule has 6 nitrogen and oxygen atoms in total. The Kier molecular flexibility index (Phi) is 4.69. The molecule has 1 unspecified atom stereocenters. The first kappa shape index (κ1) is 17.5. The minimum absolute atomic E-state index is 0.104. The van der Waals surface area contributed by atoms with Gasteiger partial charge in [-0.25, -0.2) is 18.1 Å². The third kappa shape index (κ3) is 3.75. The van der Waals surface area contributed by atoms with Crippen molar-refractivity contribution in [2.75, 3.05) is 43.9 Å². The molecule has 1 aromatic heterocycles. The van der Waals surface area contributed by atoms with Crippen LogP contribution in [-0.2, 0) is 10.0 Å². The SMILES string of the molecule is CN1CCN(c2cc(-c3ccc(C4CCS(=O)(=O)N4)cc3)ccn2)CC1. The number of likely N-dealkylation sites (N-methyl/N-ethyl adjacent to an activating group) is 1. The van der Waals surface area contributed by atoms with Gasteiger partial charge in [0.05, 0.1) is 5.75 Å². The summed E-state index contributed by atoms with van der Waals surface area (Å²) in [5.74, 6) is 1.22. The average Bonchev–Trinajstić information content (AvgIpc) is 3.02. The van der Waals surface area contributed by atoms with Crippen molar-refractivity contribution in [2.45, 2.75) is 12.5 Å². The molecule has 3 heterocycles. The number of sulfonamides is 1. The second-order valence-electron chi connectivity index (χ2n) is 7.09. The molecule has 0 bridgehead atoms. The molecule has 1 atom stereocenters. The topological polar surface area (TPSA) is 65.5 Å². The number of hydrogen-bond acceptors (Lipinski definition) is 5. The monoisotopic (exact) mass is 372 g/mol. The van der Waals surface area contributed by atoms with Gasteiger partial charge in [0.25, 0.3) is 0 Å². The van der Waals surface area contributed by atoms with E-state index in [2.05, 4.69) is 44.8 Å². The lowest BCUT2D eigenvalue weighted by Gasteiger charge is -2.33. The number of nitrogens with one attached hydrogen (secondary N) is 1. The number of anilines is 1. The maximum absolute atomic E-state index is 11.6. The zero-order valence-corrected chi connectivity index (χ0v) is 15.7. The zero-order chi connectivity index (χ0) is 18.1. The molecule has 0 aliphatic carbocycles. The summed E-state index contributed by atoms with van der Waals surface area (Å²) >= 11 is 0. The highest BCUT2D eigenvalue weighted by Crippen LogP contribution is 2.28. The maximum Gasteiger partial charge on any atom is 0.212 e. The van der Waals surface area contributed by atoms with Gasteiger partial charge in [-0.3, -0.25) is 0 Å². The van der Waals surface area contributed by atoms with E-state index < -0.39 is 10.0 Å². The molecule has 2 aliphatic rings. The second-order valence-corrected chi connectivity index (χ2v) is 8.97. The van der Waals surface area contributed by atoms with Gasteiger partial charge in [0.2, 0.25) is 10.0 Å². The fourth-order valence-corrected chi connectivity index (χ4v) is 4.91. The van der Waals surface area contributed by atoms with Crippen molar-refractivity contribution < 1.29 is 8.42 Å². The molecule has 1 aromatic carbocycles. The van der Waals surface area contributed by atoms with E-state index in [1.807, 2.05) is 24.4 Å². The number of piperazine rings is 1. The third-order valence-corrected chi connectivity index (χ3v) is 6.63. The molecule has 0 saturated carbocycles. The van der Waals surface area contributed by atoms with Crippen LogP contribution in [0.4, 0.5) is 5.82 Å². The lowest BCUT2D eigenvalue weighted by atomic mass is 10.0. The van der Waals surface area contributed by atoms with E-state index in [-0.39, 0.29) is 11.8 Å². The van der Waals surface area contributed by atoms with Crippen molar-refractivity contribution >= 4 is 15.8 Å². The van der Waals surface area contributed by atoms with Crippen molar-refractivity contribution in [3.8, 4) is 11.1 Å². The van der Waals surface area contributed by atoms with Crippen LogP contribution in [0, 0.1) is 0 Å². The Morgan fingerprint density at radius 3 is 2.42 bits per heavy atom. The highest BCUT2D eigenvalue weighted by Gasteiger charge is 2.27. The molecule has 0 spiro atoms. The van der Waals surface area contributed by atoms with Crippen molar-refractivity contribution in [3.63, 3.8) is 0 Å². The first-order valence-electron chi connectivity index (χ1n) is 9.00. The smallest absolute Gasteiger partial charge is 0.212 e. The Morgan fingerprint density at radius 1 is 1.04 bits per heavy atom. The molecule has 4 rings (SSSR count). The summed E-state index contributed by atoms with van der Waals surface area (Å²) in [7, 11) is -0.949. The number of aromatic nitrogens is 1. The van der Waals surface area contributed by atoms with Crippen LogP contribution in [0.2, 0.25) is 0 Å². The van der Waals surface area contributed by atoms with E-state index in [4.69, 9.17) is 0 Å². The first-order chi connectivity index (χ1) is 12.5. The minimum Gasteiger partial charge on any atom is -0.354 e. The van der Waals surface area contributed by atoms with Gasteiger partial charge in [0, 0.05) is 38.4 Å². The third-order valence-electron chi connectivity index (χ3n) is 5.22. The van der Waals surface area contributed by atoms with E-state index in [1.165, 1.54) is 0 Å². The molecule has 7 heteroatoms. The Bertz CT molecular complexity index is 875. The summed E-state index contributed by atoms with van der Waals surface area (Å²) in [6.45, 7) is 4.09. The lowest BCUT2D eigenvalue weighted by Crippen LogP contribution is -2.44. The van der Waals surface area contributed by atoms with Crippen molar-refractivity contribution in [3.05, 3.63) is 48.2 Å². The Labute approximate surface area is 154 Å². The number of rotatable bonds is 3. The number of hydrogen-bond donors (Lipinski definition) is 1. The molecule has 2 aliphatic heterocycles. The minimum atomic E-state index is -3.10.